The lowest BCUT2D eigenvalue weighted by Crippen LogP contribution is -2.35. The second-order valence-electron chi connectivity index (χ2n) is 4.99. The van der Waals surface area contributed by atoms with Crippen molar-refractivity contribution in [1.29, 1.82) is 0 Å². The molecular formula is C16H22ClN3O3S. The standard InChI is InChI=1S/C16H21N3O3S.ClH/c1-4-5-12(17)15(20)19-16-18-13(9-23-16)11-8-10(21-2)6-7-14(11)22-3;/h6-9,12H,4-5,17H2,1-3H3,(H,18,19,20);1H. The predicted octanol–water partition coefficient (Wildman–Crippen LogP) is 3.32. The normalized spacial score (nSPS) is 11.3. The van der Waals surface area contributed by atoms with Gasteiger partial charge < -0.3 is 20.5 Å². The first-order valence-electron chi connectivity index (χ1n) is 7.33. The molecule has 1 unspecified atom stereocenters. The number of amides is 1. The number of hydrogen-bond donors (Lipinski definition) is 2. The molecule has 132 valence electrons. The zero-order valence-corrected chi connectivity index (χ0v) is 15.5. The van der Waals surface area contributed by atoms with Crippen molar-refractivity contribution in [2.45, 2.75) is 25.8 Å². The third-order valence-electron chi connectivity index (χ3n) is 3.35. The van der Waals surface area contributed by atoms with Gasteiger partial charge in [0, 0.05) is 10.9 Å². The zero-order valence-electron chi connectivity index (χ0n) is 13.9. The van der Waals surface area contributed by atoms with E-state index in [2.05, 4.69) is 10.3 Å². The van der Waals surface area contributed by atoms with E-state index in [0.29, 0.717) is 28.7 Å². The summed E-state index contributed by atoms with van der Waals surface area (Å²) in [4.78, 5) is 16.4. The van der Waals surface area contributed by atoms with Gasteiger partial charge in [-0.2, -0.15) is 0 Å². The highest BCUT2D eigenvalue weighted by Crippen LogP contribution is 2.35. The van der Waals surface area contributed by atoms with Crippen LogP contribution < -0.4 is 20.5 Å². The van der Waals surface area contributed by atoms with Gasteiger partial charge in [-0.3, -0.25) is 4.79 Å². The molecule has 1 atom stereocenters. The highest BCUT2D eigenvalue weighted by atomic mass is 35.5. The molecule has 0 spiro atoms. The Kier molecular flexibility index (Phi) is 7.97. The Labute approximate surface area is 151 Å². The van der Waals surface area contributed by atoms with Crippen molar-refractivity contribution < 1.29 is 14.3 Å². The fourth-order valence-corrected chi connectivity index (χ4v) is 2.82. The maximum Gasteiger partial charge on any atom is 0.243 e. The monoisotopic (exact) mass is 371 g/mol. The summed E-state index contributed by atoms with van der Waals surface area (Å²) >= 11 is 1.35. The van der Waals surface area contributed by atoms with Crippen molar-refractivity contribution in [3.63, 3.8) is 0 Å². The van der Waals surface area contributed by atoms with Crippen molar-refractivity contribution in [3.05, 3.63) is 23.6 Å². The van der Waals surface area contributed by atoms with Crippen LogP contribution in [0.5, 0.6) is 11.5 Å². The average Bonchev–Trinajstić information content (AvgIpc) is 3.02. The highest BCUT2D eigenvalue weighted by molar-refractivity contribution is 7.14. The van der Waals surface area contributed by atoms with Crippen LogP contribution in [0.25, 0.3) is 11.3 Å². The molecule has 6 nitrogen and oxygen atoms in total. The first kappa shape index (κ1) is 20.2. The molecular weight excluding hydrogens is 350 g/mol. The number of nitrogens with two attached hydrogens (primary N) is 1. The van der Waals surface area contributed by atoms with Gasteiger partial charge in [-0.15, -0.1) is 23.7 Å². The van der Waals surface area contributed by atoms with Crippen LogP contribution in [0.2, 0.25) is 0 Å². The first-order chi connectivity index (χ1) is 11.1. The van der Waals surface area contributed by atoms with Crippen molar-refractivity contribution >= 4 is 34.8 Å². The summed E-state index contributed by atoms with van der Waals surface area (Å²) in [5, 5.41) is 5.13. The number of carbonyl (C=O) groups excluding carboxylic acids is 1. The van der Waals surface area contributed by atoms with Gasteiger partial charge in [-0.25, -0.2) is 4.98 Å². The van der Waals surface area contributed by atoms with E-state index >= 15 is 0 Å². The number of nitrogens with zero attached hydrogens (tertiary/aromatic N) is 1. The molecule has 1 heterocycles. The predicted molar refractivity (Wildman–Crippen MR) is 99.4 cm³/mol. The molecule has 3 N–H and O–H groups in total. The van der Waals surface area contributed by atoms with Crippen LogP contribution in [0.15, 0.2) is 23.6 Å². The van der Waals surface area contributed by atoms with Gasteiger partial charge in [0.1, 0.15) is 11.5 Å². The van der Waals surface area contributed by atoms with Crippen molar-refractivity contribution in [3.8, 4) is 22.8 Å². The molecule has 0 saturated heterocycles. The Morgan fingerprint density at radius 3 is 2.75 bits per heavy atom. The molecule has 0 aliphatic heterocycles. The molecule has 1 amide bonds. The minimum Gasteiger partial charge on any atom is -0.497 e. The van der Waals surface area contributed by atoms with E-state index < -0.39 is 6.04 Å². The first-order valence-corrected chi connectivity index (χ1v) is 8.21. The van der Waals surface area contributed by atoms with Crippen LogP contribution in [0, 0.1) is 0 Å². The minimum atomic E-state index is -0.515. The summed E-state index contributed by atoms with van der Waals surface area (Å²) in [6.45, 7) is 1.99. The summed E-state index contributed by atoms with van der Waals surface area (Å²) in [7, 11) is 3.21. The van der Waals surface area contributed by atoms with Crippen LogP contribution in [0.3, 0.4) is 0 Å². The summed E-state index contributed by atoms with van der Waals surface area (Å²) in [6.07, 6.45) is 1.51. The second kappa shape index (κ2) is 9.46. The van der Waals surface area contributed by atoms with Gasteiger partial charge in [-0.1, -0.05) is 13.3 Å². The molecule has 1 aromatic carbocycles. The zero-order chi connectivity index (χ0) is 16.8. The van der Waals surface area contributed by atoms with Gasteiger partial charge in [-0.05, 0) is 24.6 Å². The summed E-state index contributed by atoms with van der Waals surface area (Å²) in [5.74, 6) is 1.19. The Balaban J connectivity index is 0.00000288. The number of nitrogens with one attached hydrogen (secondary N) is 1. The minimum absolute atomic E-state index is 0. The van der Waals surface area contributed by atoms with E-state index in [1.807, 2.05) is 30.5 Å². The number of benzene rings is 1. The maximum atomic E-state index is 12.0. The van der Waals surface area contributed by atoms with Crippen LogP contribution in [0.1, 0.15) is 19.8 Å². The van der Waals surface area contributed by atoms with Crippen molar-refractivity contribution in [1.82, 2.24) is 4.98 Å². The SMILES string of the molecule is CCCC(N)C(=O)Nc1nc(-c2cc(OC)ccc2OC)cs1.Cl. The average molecular weight is 372 g/mol. The van der Waals surface area contributed by atoms with Crippen LogP contribution in [-0.4, -0.2) is 31.2 Å². The van der Waals surface area contributed by atoms with E-state index in [0.717, 1.165) is 12.0 Å². The lowest BCUT2D eigenvalue weighted by Gasteiger charge is -2.09. The van der Waals surface area contributed by atoms with E-state index in [4.69, 9.17) is 15.2 Å². The molecule has 0 saturated carbocycles. The third-order valence-corrected chi connectivity index (χ3v) is 4.11. The molecule has 24 heavy (non-hydrogen) atoms. The molecule has 0 fully saturated rings. The van der Waals surface area contributed by atoms with Crippen LogP contribution in [-0.2, 0) is 4.79 Å². The maximum absolute atomic E-state index is 12.0. The molecule has 8 heteroatoms. The van der Waals surface area contributed by atoms with Crippen LogP contribution >= 0.6 is 23.7 Å². The van der Waals surface area contributed by atoms with Crippen LogP contribution in [0.4, 0.5) is 5.13 Å². The number of anilines is 1. The number of carbonyl (C=O) groups is 1. The second-order valence-corrected chi connectivity index (χ2v) is 5.85. The van der Waals surface area contributed by atoms with Crippen molar-refractivity contribution in [2.75, 3.05) is 19.5 Å². The molecule has 2 rings (SSSR count). The highest BCUT2D eigenvalue weighted by Gasteiger charge is 2.16. The van der Waals surface area contributed by atoms with E-state index in [9.17, 15) is 4.79 Å². The lowest BCUT2D eigenvalue weighted by atomic mass is 10.1. The largest absolute Gasteiger partial charge is 0.497 e. The fourth-order valence-electron chi connectivity index (χ4n) is 2.11. The number of ether oxygens (including phenoxy) is 2. The summed E-state index contributed by atoms with van der Waals surface area (Å²) in [5.41, 5.74) is 7.33. The Morgan fingerprint density at radius 2 is 2.12 bits per heavy atom. The molecule has 0 aliphatic rings. The molecule has 0 bridgehead atoms. The molecule has 0 radical (unpaired) electrons. The van der Waals surface area contributed by atoms with Crippen molar-refractivity contribution in [2.24, 2.45) is 5.73 Å². The van der Waals surface area contributed by atoms with E-state index in [1.165, 1.54) is 11.3 Å². The van der Waals surface area contributed by atoms with Gasteiger partial charge in [0.15, 0.2) is 5.13 Å². The van der Waals surface area contributed by atoms with E-state index in [-0.39, 0.29) is 18.3 Å². The summed E-state index contributed by atoms with van der Waals surface area (Å²) < 4.78 is 10.6. The number of methoxy groups -OCH3 is 2. The van der Waals surface area contributed by atoms with Gasteiger partial charge in [0.25, 0.3) is 0 Å². The fraction of sp³-hybridized carbons (Fsp3) is 0.375. The number of aromatic nitrogens is 1. The summed E-state index contributed by atoms with van der Waals surface area (Å²) in [6, 6.07) is 4.98. The van der Waals surface area contributed by atoms with Gasteiger partial charge in [0.2, 0.25) is 5.91 Å². The quantitative estimate of drug-likeness (QED) is 0.779. The topological polar surface area (TPSA) is 86.5 Å². The number of halogens is 1. The van der Waals surface area contributed by atoms with Gasteiger partial charge in [0.05, 0.1) is 26.0 Å². The molecule has 2 aromatic rings. The third kappa shape index (κ3) is 4.83. The number of thiazole rings is 1. The number of hydrogen-bond acceptors (Lipinski definition) is 6. The molecule has 0 aliphatic carbocycles. The Morgan fingerprint density at radius 1 is 1.38 bits per heavy atom. The molecule has 1 aromatic heterocycles. The lowest BCUT2D eigenvalue weighted by molar-refractivity contribution is -0.117. The van der Waals surface area contributed by atoms with Gasteiger partial charge >= 0.3 is 0 Å². The Bertz CT molecular complexity index is 678. The van der Waals surface area contributed by atoms with E-state index in [1.54, 1.807) is 14.2 Å². The smallest absolute Gasteiger partial charge is 0.243 e. The Hall–Kier alpha value is -1.83. The number of rotatable bonds is 7.